The van der Waals surface area contributed by atoms with Gasteiger partial charge in [0.1, 0.15) is 5.82 Å². The molecule has 0 saturated carbocycles. The number of aromatic amines is 1. The van der Waals surface area contributed by atoms with Gasteiger partial charge >= 0.3 is 5.69 Å². The standard InChI is InChI=1S/C10H15N3O3/c1-6(7-3-2-4-16-7)13-8(11)5-9(14)12-10(13)15/h5-7H,2-4,11H2,1H3,(H,12,14,15). The predicted molar refractivity (Wildman–Crippen MR) is 59.4 cm³/mol. The van der Waals surface area contributed by atoms with Crippen LogP contribution in [-0.2, 0) is 4.74 Å². The highest BCUT2D eigenvalue weighted by Gasteiger charge is 2.25. The highest BCUT2D eigenvalue weighted by molar-refractivity contribution is 5.27. The number of anilines is 1. The molecule has 2 unspecified atom stereocenters. The number of hydrogen-bond acceptors (Lipinski definition) is 4. The quantitative estimate of drug-likeness (QED) is 0.733. The van der Waals surface area contributed by atoms with Crippen molar-refractivity contribution in [1.82, 2.24) is 9.55 Å². The first kappa shape index (κ1) is 10.9. The van der Waals surface area contributed by atoms with Crippen molar-refractivity contribution in [2.24, 2.45) is 0 Å². The van der Waals surface area contributed by atoms with E-state index in [0.29, 0.717) is 6.61 Å². The highest BCUT2D eigenvalue weighted by Crippen LogP contribution is 2.23. The molecule has 0 aliphatic carbocycles. The summed E-state index contributed by atoms with van der Waals surface area (Å²) in [5, 5.41) is 0. The van der Waals surface area contributed by atoms with E-state index in [4.69, 9.17) is 10.5 Å². The molecule has 6 nitrogen and oxygen atoms in total. The summed E-state index contributed by atoms with van der Waals surface area (Å²) in [7, 11) is 0. The Morgan fingerprint density at radius 1 is 1.62 bits per heavy atom. The molecule has 16 heavy (non-hydrogen) atoms. The van der Waals surface area contributed by atoms with Crippen LogP contribution in [0.2, 0.25) is 0 Å². The van der Waals surface area contributed by atoms with E-state index < -0.39 is 11.2 Å². The van der Waals surface area contributed by atoms with Crippen molar-refractivity contribution in [3.8, 4) is 0 Å². The Hall–Kier alpha value is -1.56. The molecule has 3 N–H and O–H groups in total. The minimum absolute atomic E-state index is 0.00842. The first-order valence-corrected chi connectivity index (χ1v) is 5.32. The summed E-state index contributed by atoms with van der Waals surface area (Å²) in [4.78, 5) is 24.9. The first-order chi connectivity index (χ1) is 7.59. The number of nitrogen functional groups attached to an aromatic ring is 1. The van der Waals surface area contributed by atoms with Gasteiger partial charge in [-0.25, -0.2) is 4.79 Å². The van der Waals surface area contributed by atoms with E-state index in [0.717, 1.165) is 12.8 Å². The molecule has 0 spiro atoms. The van der Waals surface area contributed by atoms with Gasteiger partial charge in [-0.05, 0) is 19.8 Å². The minimum atomic E-state index is -0.479. The maximum absolute atomic E-state index is 11.6. The largest absolute Gasteiger partial charge is 0.385 e. The fraction of sp³-hybridized carbons (Fsp3) is 0.600. The second-order valence-electron chi connectivity index (χ2n) is 4.03. The lowest BCUT2D eigenvalue weighted by atomic mass is 10.1. The van der Waals surface area contributed by atoms with Gasteiger partial charge in [0.15, 0.2) is 0 Å². The molecular weight excluding hydrogens is 210 g/mol. The lowest BCUT2D eigenvalue weighted by molar-refractivity contribution is 0.0723. The molecule has 0 aromatic carbocycles. The van der Waals surface area contributed by atoms with Crippen molar-refractivity contribution < 1.29 is 4.74 Å². The molecule has 0 radical (unpaired) electrons. The Labute approximate surface area is 92.0 Å². The number of nitrogens with zero attached hydrogens (tertiary/aromatic N) is 1. The molecule has 6 heteroatoms. The smallest absolute Gasteiger partial charge is 0.330 e. The van der Waals surface area contributed by atoms with E-state index in [9.17, 15) is 9.59 Å². The van der Waals surface area contributed by atoms with E-state index in [1.54, 1.807) is 0 Å². The van der Waals surface area contributed by atoms with Crippen molar-refractivity contribution in [2.45, 2.75) is 31.9 Å². The number of H-pyrrole nitrogens is 1. The van der Waals surface area contributed by atoms with Gasteiger partial charge in [0.2, 0.25) is 0 Å². The van der Waals surface area contributed by atoms with E-state index in [1.165, 1.54) is 10.6 Å². The second-order valence-corrected chi connectivity index (χ2v) is 4.03. The zero-order valence-electron chi connectivity index (χ0n) is 9.10. The first-order valence-electron chi connectivity index (χ1n) is 5.32. The minimum Gasteiger partial charge on any atom is -0.385 e. The lowest BCUT2D eigenvalue weighted by Gasteiger charge is -2.22. The maximum Gasteiger partial charge on any atom is 0.330 e. The molecule has 1 saturated heterocycles. The van der Waals surface area contributed by atoms with Crippen LogP contribution >= 0.6 is 0 Å². The van der Waals surface area contributed by atoms with Crippen molar-refractivity contribution in [1.29, 1.82) is 0 Å². The Kier molecular flexibility index (Phi) is 2.82. The maximum atomic E-state index is 11.6. The topological polar surface area (TPSA) is 90.1 Å². The van der Waals surface area contributed by atoms with Crippen LogP contribution in [0.4, 0.5) is 5.82 Å². The summed E-state index contributed by atoms with van der Waals surface area (Å²) < 4.78 is 6.87. The SMILES string of the molecule is CC(C1CCCO1)n1c(N)cc(=O)[nH]c1=O. The predicted octanol–water partition coefficient (Wildman–Crippen LogP) is -0.141. The lowest BCUT2D eigenvalue weighted by Crippen LogP contribution is -2.37. The summed E-state index contributed by atoms with van der Waals surface area (Å²) >= 11 is 0. The molecule has 1 aliphatic heterocycles. The van der Waals surface area contributed by atoms with Crippen LogP contribution in [0.3, 0.4) is 0 Å². The van der Waals surface area contributed by atoms with Crippen LogP contribution in [0.5, 0.6) is 0 Å². The van der Waals surface area contributed by atoms with Crippen LogP contribution in [0, 0.1) is 0 Å². The highest BCUT2D eigenvalue weighted by atomic mass is 16.5. The fourth-order valence-corrected chi connectivity index (χ4v) is 2.09. The van der Waals surface area contributed by atoms with E-state index in [2.05, 4.69) is 4.98 Å². The van der Waals surface area contributed by atoms with Crippen LogP contribution in [0.15, 0.2) is 15.7 Å². The molecule has 2 heterocycles. The third-order valence-corrected chi connectivity index (χ3v) is 2.92. The Balaban J connectivity index is 2.39. The number of nitrogens with two attached hydrogens (primary N) is 1. The normalized spacial score (nSPS) is 22.2. The number of hydrogen-bond donors (Lipinski definition) is 2. The molecular formula is C10H15N3O3. The van der Waals surface area contributed by atoms with Gasteiger partial charge in [-0.15, -0.1) is 0 Å². The molecule has 1 aromatic rings. The molecule has 1 fully saturated rings. The number of rotatable bonds is 2. The van der Waals surface area contributed by atoms with E-state index >= 15 is 0 Å². The van der Waals surface area contributed by atoms with Crippen molar-refractivity contribution >= 4 is 5.82 Å². The molecule has 1 aromatic heterocycles. The molecule has 1 aliphatic rings. The Morgan fingerprint density at radius 3 is 2.94 bits per heavy atom. The molecule has 0 bridgehead atoms. The van der Waals surface area contributed by atoms with Crippen LogP contribution in [0.25, 0.3) is 0 Å². The monoisotopic (exact) mass is 225 g/mol. The number of aromatic nitrogens is 2. The van der Waals surface area contributed by atoms with Crippen LogP contribution in [-0.4, -0.2) is 22.3 Å². The van der Waals surface area contributed by atoms with E-state index in [1.807, 2.05) is 6.92 Å². The third kappa shape index (κ3) is 1.88. The third-order valence-electron chi connectivity index (χ3n) is 2.92. The van der Waals surface area contributed by atoms with Gasteiger partial charge in [-0.2, -0.15) is 0 Å². The van der Waals surface area contributed by atoms with Gasteiger partial charge in [0.05, 0.1) is 12.1 Å². The van der Waals surface area contributed by atoms with Crippen LogP contribution in [0.1, 0.15) is 25.8 Å². The zero-order valence-corrected chi connectivity index (χ0v) is 9.10. The van der Waals surface area contributed by atoms with Crippen molar-refractivity contribution in [2.75, 3.05) is 12.3 Å². The zero-order chi connectivity index (χ0) is 11.7. The number of ether oxygens (including phenoxy) is 1. The average Bonchev–Trinajstić information content (AvgIpc) is 2.67. The molecule has 2 rings (SSSR count). The van der Waals surface area contributed by atoms with Gasteiger partial charge in [-0.3, -0.25) is 14.3 Å². The second kappa shape index (κ2) is 4.13. The molecule has 2 atom stereocenters. The van der Waals surface area contributed by atoms with Crippen molar-refractivity contribution in [3.05, 3.63) is 26.9 Å². The summed E-state index contributed by atoms with van der Waals surface area (Å²) in [5.74, 6) is 0.178. The van der Waals surface area contributed by atoms with Gasteiger partial charge in [0, 0.05) is 12.7 Å². The summed E-state index contributed by atoms with van der Waals surface area (Å²) in [5.41, 5.74) is 4.73. The van der Waals surface area contributed by atoms with E-state index in [-0.39, 0.29) is 18.0 Å². The Morgan fingerprint density at radius 2 is 2.38 bits per heavy atom. The average molecular weight is 225 g/mol. The summed E-state index contributed by atoms with van der Waals surface area (Å²) in [6.07, 6.45) is 1.89. The Bertz CT molecular complexity index is 485. The van der Waals surface area contributed by atoms with Gasteiger partial charge in [-0.1, -0.05) is 0 Å². The summed E-state index contributed by atoms with van der Waals surface area (Å²) in [6.45, 7) is 2.58. The van der Waals surface area contributed by atoms with Crippen molar-refractivity contribution in [3.63, 3.8) is 0 Å². The van der Waals surface area contributed by atoms with Gasteiger partial charge < -0.3 is 10.5 Å². The molecule has 88 valence electrons. The van der Waals surface area contributed by atoms with Gasteiger partial charge in [0.25, 0.3) is 5.56 Å². The number of nitrogens with one attached hydrogen (secondary N) is 1. The molecule has 0 amide bonds. The summed E-state index contributed by atoms with van der Waals surface area (Å²) in [6, 6.07) is 1.05. The van der Waals surface area contributed by atoms with Crippen LogP contribution < -0.4 is 17.0 Å². The fourth-order valence-electron chi connectivity index (χ4n) is 2.09.